The van der Waals surface area contributed by atoms with E-state index in [-0.39, 0.29) is 43.1 Å². The van der Waals surface area contributed by atoms with Gasteiger partial charge in [-0.1, -0.05) is 24.2 Å². The molecule has 2 unspecified atom stereocenters. The first-order valence-electron chi connectivity index (χ1n) is 9.28. The molecule has 2 atom stereocenters. The third-order valence-electron chi connectivity index (χ3n) is 4.75. The Morgan fingerprint density at radius 1 is 1.45 bits per heavy atom. The standard InChI is InChI=1S/C20H25ClF3N3O2/c1-13(2)26-12-29-14(3)17(27-9-7-20(23,24)8-10-27)11-25-19(28)18-15(21)5-4-6-16(18)22/h4-6,12,14,17H,1,7-11H2,2-3H3,(H,25,28)/b26-12-. The summed E-state index contributed by atoms with van der Waals surface area (Å²) < 4.78 is 46.6. The number of hydrogen-bond donors (Lipinski definition) is 1. The van der Waals surface area contributed by atoms with Crippen LogP contribution >= 0.6 is 11.6 Å². The number of carbonyl (C=O) groups excluding carboxylic acids is 1. The molecule has 1 saturated heterocycles. The summed E-state index contributed by atoms with van der Waals surface area (Å²) in [6.45, 7) is 7.46. The van der Waals surface area contributed by atoms with Gasteiger partial charge in [-0.05, 0) is 26.0 Å². The number of nitrogens with one attached hydrogen (secondary N) is 1. The molecule has 1 heterocycles. The topological polar surface area (TPSA) is 53.9 Å². The van der Waals surface area contributed by atoms with E-state index >= 15 is 0 Å². The average molecular weight is 432 g/mol. The van der Waals surface area contributed by atoms with Crippen molar-refractivity contribution in [3.8, 4) is 0 Å². The van der Waals surface area contributed by atoms with Gasteiger partial charge in [0.25, 0.3) is 11.8 Å². The zero-order valence-corrected chi connectivity index (χ0v) is 17.2. The largest absolute Gasteiger partial charge is 0.479 e. The minimum absolute atomic E-state index is 0.00504. The fraction of sp³-hybridized carbons (Fsp3) is 0.500. The van der Waals surface area contributed by atoms with Gasteiger partial charge >= 0.3 is 0 Å². The second-order valence-electron chi connectivity index (χ2n) is 7.08. The van der Waals surface area contributed by atoms with Gasteiger partial charge in [-0.3, -0.25) is 9.69 Å². The molecular weight excluding hydrogens is 407 g/mol. The summed E-state index contributed by atoms with van der Waals surface area (Å²) in [7, 11) is 0. The molecule has 0 radical (unpaired) electrons. The molecule has 1 fully saturated rings. The Bertz CT molecular complexity index is 743. The number of allylic oxidation sites excluding steroid dienone is 1. The Morgan fingerprint density at radius 2 is 2.10 bits per heavy atom. The van der Waals surface area contributed by atoms with Crippen LogP contribution in [0.4, 0.5) is 13.2 Å². The molecule has 9 heteroatoms. The quantitative estimate of drug-likeness (QED) is 0.494. The van der Waals surface area contributed by atoms with Crippen molar-refractivity contribution in [2.75, 3.05) is 19.6 Å². The molecule has 2 rings (SSSR count). The predicted octanol–water partition coefficient (Wildman–Crippen LogP) is 4.28. The number of hydrogen-bond acceptors (Lipinski definition) is 4. The summed E-state index contributed by atoms with van der Waals surface area (Å²) in [5, 5.41) is 2.64. The minimum Gasteiger partial charge on any atom is -0.479 e. The molecule has 1 aromatic carbocycles. The number of rotatable bonds is 8. The molecule has 0 saturated carbocycles. The van der Waals surface area contributed by atoms with E-state index < -0.39 is 29.8 Å². The smallest absolute Gasteiger partial charge is 0.255 e. The normalized spacial score (nSPS) is 19.0. The first kappa shape index (κ1) is 23.2. The summed E-state index contributed by atoms with van der Waals surface area (Å²) in [6, 6.07) is 3.55. The number of alkyl halides is 2. The van der Waals surface area contributed by atoms with Gasteiger partial charge in [-0.2, -0.15) is 0 Å². The second kappa shape index (κ2) is 10.1. The lowest BCUT2D eigenvalue weighted by Gasteiger charge is -2.39. The highest BCUT2D eigenvalue weighted by Crippen LogP contribution is 2.29. The van der Waals surface area contributed by atoms with Crippen LogP contribution in [0.15, 0.2) is 35.5 Å². The highest BCUT2D eigenvalue weighted by atomic mass is 35.5. The fourth-order valence-corrected chi connectivity index (χ4v) is 3.33. The van der Waals surface area contributed by atoms with Gasteiger partial charge in [0.15, 0.2) is 6.40 Å². The van der Waals surface area contributed by atoms with Gasteiger partial charge in [0.05, 0.1) is 16.6 Å². The Kier molecular flexibility index (Phi) is 8.10. The van der Waals surface area contributed by atoms with Crippen LogP contribution in [0, 0.1) is 5.82 Å². The maximum absolute atomic E-state index is 14.0. The van der Waals surface area contributed by atoms with Gasteiger partial charge < -0.3 is 10.1 Å². The van der Waals surface area contributed by atoms with E-state index in [2.05, 4.69) is 16.9 Å². The van der Waals surface area contributed by atoms with Gasteiger partial charge in [0.1, 0.15) is 11.9 Å². The van der Waals surface area contributed by atoms with Gasteiger partial charge in [-0.15, -0.1) is 0 Å². The molecule has 1 aliphatic rings. The molecule has 0 bridgehead atoms. The minimum atomic E-state index is -2.70. The number of ether oxygens (including phenoxy) is 1. The Hall–Kier alpha value is -2.06. The van der Waals surface area contributed by atoms with Crippen LogP contribution in [0.3, 0.4) is 0 Å². The van der Waals surface area contributed by atoms with Crippen molar-refractivity contribution in [1.82, 2.24) is 10.2 Å². The lowest BCUT2D eigenvalue weighted by atomic mass is 10.0. The highest BCUT2D eigenvalue weighted by Gasteiger charge is 2.38. The first-order valence-corrected chi connectivity index (χ1v) is 9.66. The summed E-state index contributed by atoms with van der Waals surface area (Å²) in [5.74, 6) is -4.11. The molecular formula is C20H25ClF3N3O2. The summed E-state index contributed by atoms with van der Waals surface area (Å²) >= 11 is 5.94. The Morgan fingerprint density at radius 3 is 2.69 bits per heavy atom. The SMILES string of the molecule is C=C(C)/N=C\OC(C)C(CNC(=O)c1c(F)cccc1Cl)N1CCC(F)(F)CC1. The van der Waals surface area contributed by atoms with Crippen LogP contribution in [0.25, 0.3) is 0 Å². The van der Waals surface area contributed by atoms with Gasteiger partial charge in [-0.25, -0.2) is 18.2 Å². The average Bonchev–Trinajstić information content (AvgIpc) is 2.62. The number of carbonyl (C=O) groups is 1. The number of likely N-dealkylation sites (tertiary alicyclic amines) is 1. The van der Waals surface area contributed by atoms with Crippen LogP contribution in [-0.2, 0) is 4.74 Å². The van der Waals surface area contributed by atoms with E-state index in [0.717, 1.165) is 6.07 Å². The third-order valence-corrected chi connectivity index (χ3v) is 5.07. The number of piperidine rings is 1. The van der Waals surface area contributed by atoms with Gasteiger partial charge in [0, 0.05) is 38.2 Å². The number of halogens is 4. The van der Waals surface area contributed by atoms with E-state index in [1.165, 1.54) is 18.5 Å². The molecule has 1 aromatic rings. The van der Waals surface area contributed by atoms with Crippen molar-refractivity contribution in [2.24, 2.45) is 4.99 Å². The van der Waals surface area contributed by atoms with Crippen molar-refractivity contribution in [2.45, 2.75) is 44.8 Å². The fourth-order valence-electron chi connectivity index (χ4n) is 3.08. The Labute approximate surface area is 173 Å². The monoisotopic (exact) mass is 431 g/mol. The lowest BCUT2D eigenvalue weighted by Crippen LogP contribution is -2.54. The van der Waals surface area contributed by atoms with E-state index in [9.17, 15) is 18.0 Å². The Balaban J connectivity index is 2.10. The summed E-state index contributed by atoms with van der Waals surface area (Å²) in [6.07, 6.45) is 0.224. The van der Waals surface area contributed by atoms with Crippen LogP contribution in [0.2, 0.25) is 5.02 Å². The van der Waals surface area contributed by atoms with E-state index in [0.29, 0.717) is 5.70 Å². The molecule has 0 aromatic heterocycles. The zero-order chi connectivity index (χ0) is 21.6. The molecule has 0 aliphatic carbocycles. The van der Waals surface area contributed by atoms with E-state index in [4.69, 9.17) is 16.3 Å². The first-order chi connectivity index (χ1) is 13.6. The van der Waals surface area contributed by atoms with Gasteiger partial charge in [0.2, 0.25) is 0 Å². The highest BCUT2D eigenvalue weighted by molar-refractivity contribution is 6.33. The van der Waals surface area contributed by atoms with Crippen molar-refractivity contribution < 1.29 is 22.7 Å². The van der Waals surface area contributed by atoms with Crippen molar-refractivity contribution >= 4 is 23.9 Å². The van der Waals surface area contributed by atoms with Crippen LogP contribution in [-0.4, -0.2) is 54.9 Å². The molecule has 5 nitrogen and oxygen atoms in total. The maximum atomic E-state index is 14.0. The predicted molar refractivity (Wildman–Crippen MR) is 107 cm³/mol. The molecule has 1 N–H and O–H groups in total. The van der Waals surface area contributed by atoms with E-state index in [1.807, 2.05) is 4.90 Å². The van der Waals surface area contributed by atoms with Crippen molar-refractivity contribution in [3.63, 3.8) is 0 Å². The zero-order valence-electron chi connectivity index (χ0n) is 16.4. The number of aliphatic imine (C=N–C) groups is 1. The molecule has 0 spiro atoms. The number of benzene rings is 1. The van der Waals surface area contributed by atoms with Crippen LogP contribution in [0.5, 0.6) is 0 Å². The van der Waals surface area contributed by atoms with Crippen LogP contribution in [0.1, 0.15) is 37.0 Å². The third kappa shape index (κ3) is 6.75. The summed E-state index contributed by atoms with van der Waals surface area (Å²) in [4.78, 5) is 18.2. The van der Waals surface area contributed by atoms with Crippen LogP contribution < -0.4 is 5.32 Å². The second-order valence-corrected chi connectivity index (χ2v) is 7.48. The van der Waals surface area contributed by atoms with Crippen molar-refractivity contribution in [1.29, 1.82) is 0 Å². The molecule has 1 amide bonds. The molecule has 160 valence electrons. The van der Waals surface area contributed by atoms with Crippen molar-refractivity contribution in [3.05, 3.63) is 46.9 Å². The van der Waals surface area contributed by atoms with E-state index in [1.54, 1.807) is 13.8 Å². The lowest BCUT2D eigenvalue weighted by molar-refractivity contribution is -0.0717. The summed E-state index contributed by atoms with van der Waals surface area (Å²) in [5.41, 5.74) is 0.296. The number of amides is 1. The number of nitrogens with zero attached hydrogens (tertiary/aromatic N) is 2. The maximum Gasteiger partial charge on any atom is 0.255 e. The molecule has 1 aliphatic heterocycles. The molecule has 29 heavy (non-hydrogen) atoms.